The molecule has 1 fully saturated rings. The van der Waals surface area contributed by atoms with E-state index < -0.39 is 15.6 Å². The molecule has 1 saturated heterocycles. The van der Waals surface area contributed by atoms with Gasteiger partial charge in [0.15, 0.2) is 9.84 Å². The first-order valence-electron chi connectivity index (χ1n) is 6.88. The first-order valence-corrected chi connectivity index (χ1v) is 8.53. The molecule has 0 aromatic heterocycles. The number of piperidine rings is 1. The van der Waals surface area contributed by atoms with Crippen molar-refractivity contribution < 1.29 is 17.9 Å². The van der Waals surface area contributed by atoms with Crippen molar-refractivity contribution in [2.24, 2.45) is 0 Å². The lowest BCUT2D eigenvalue weighted by molar-refractivity contribution is -0.129. The SMILES string of the molecule is COc1cc(N)ccc1S(=O)(=O)CC(=O)N1CCCCC1. The fraction of sp³-hybridized carbons (Fsp3) is 0.500. The number of carbonyl (C=O) groups is 1. The molecule has 0 saturated carbocycles. The molecule has 1 aliphatic heterocycles. The summed E-state index contributed by atoms with van der Waals surface area (Å²) < 4.78 is 29.9. The van der Waals surface area contributed by atoms with Gasteiger partial charge in [-0.25, -0.2) is 8.42 Å². The second-order valence-corrected chi connectivity index (χ2v) is 7.07. The Morgan fingerprint density at radius 3 is 2.57 bits per heavy atom. The minimum atomic E-state index is -3.74. The monoisotopic (exact) mass is 312 g/mol. The summed E-state index contributed by atoms with van der Waals surface area (Å²) in [5.41, 5.74) is 6.02. The average molecular weight is 312 g/mol. The summed E-state index contributed by atoms with van der Waals surface area (Å²) in [7, 11) is -2.36. The maximum Gasteiger partial charge on any atom is 0.238 e. The van der Waals surface area contributed by atoms with E-state index in [0.29, 0.717) is 18.8 Å². The van der Waals surface area contributed by atoms with E-state index in [1.165, 1.54) is 25.3 Å². The summed E-state index contributed by atoms with van der Waals surface area (Å²) in [6.07, 6.45) is 2.94. The van der Waals surface area contributed by atoms with Crippen molar-refractivity contribution in [1.29, 1.82) is 0 Å². The number of likely N-dealkylation sites (tertiary alicyclic amines) is 1. The molecular weight excluding hydrogens is 292 g/mol. The highest BCUT2D eigenvalue weighted by molar-refractivity contribution is 7.92. The van der Waals surface area contributed by atoms with Gasteiger partial charge in [0.2, 0.25) is 5.91 Å². The highest BCUT2D eigenvalue weighted by Gasteiger charge is 2.27. The Bertz CT molecular complexity index is 622. The third kappa shape index (κ3) is 3.66. The van der Waals surface area contributed by atoms with E-state index >= 15 is 0 Å². The van der Waals surface area contributed by atoms with Crippen molar-refractivity contribution in [2.75, 3.05) is 31.7 Å². The van der Waals surface area contributed by atoms with Crippen LogP contribution in [0.5, 0.6) is 5.75 Å². The number of carbonyl (C=O) groups excluding carboxylic acids is 1. The molecule has 116 valence electrons. The fourth-order valence-electron chi connectivity index (χ4n) is 2.42. The van der Waals surface area contributed by atoms with Crippen molar-refractivity contribution >= 4 is 21.4 Å². The zero-order valence-electron chi connectivity index (χ0n) is 12.0. The van der Waals surface area contributed by atoms with Crippen LogP contribution in [-0.2, 0) is 14.6 Å². The van der Waals surface area contributed by atoms with Gasteiger partial charge in [0.1, 0.15) is 16.4 Å². The van der Waals surface area contributed by atoms with Crippen LogP contribution >= 0.6 is 0 Å². The molecule has 1 aromatic carbocycles. The summed E-state index contributed by atoms with van der Waals surface area (Å²) in [4.78, 5) is 13.8. The van der Waals surface area contributed by atoms with Crippen LogP contribution in [0.2, 0.25) is 0 Å². The predicted molar refractivity (Wildman–Crippen MR) is 79.9 cm³/mol. The molecule has 0 spiro atoms. The topological polar surface area (TPSA) is 89.7 Å². The lowest BCUT2D eigenvalue weighted by Crippen LogP contribution is -2.39. The van der Waals surface area contributed by atoms with Crippen LogP contribution in [0.3, 0.4) is 0 Å². The van der Waals surface area contributed by atoms with Crippen LogP contribution in [-0.4, -0.2) is 45.2 Å². The Morgan fingerprint density at radius 2 is 1.95 bits per heavy atom. The van der Waals surface area contributed by atoms with E-state index in [2.05, 4.69) is 0 Å². The molecule has 1 aromatic rings. The number of rotatable bonds is 4. The molecule has 1 heterocycles. The number of benzene rings is 1. The van der Waals surface area contributed by atoms with Gasteiger partial charge in [-0.05, 0) is 31.4 Å². The molecule has 1 aliphatic rings. The van der Waals surface area contributed by atoms with Gasteiger partial charge in [0.05, 0.1) is 7.11 Å². The number of sulfone groups is 1. The zero-order chi connectivity index (χ0) is 15.5. The summed E-state index contributed by atoms with van der Waals surface area (Å²) >= 11 is 0. The molecule has 0 bridgehead atoms. The number of nitrogens with two attached hydrogens (primary N) is 1. The third-order valence-electron chi connectivity index (χ3n) is 3.55. The van der Waals surface area contributed by atoms with Gasteiger partial charge in [0.25, 0.3) is 0 Å². The Balaban J connectivity index is 2.20. The molecule has 2 N–H and O–H groups in total. The molecule has 7 heteroatoms. The van der Waals surface area contributed by atoms with E-state index in [1.54, 1.807) is 4.90 Å². The summed E-state index contributed by atoms with van der Waals surface area (Å²) in [5.74, 6) is -0.720. The van der Waals surface area contributed by atoms with Gasteiger partial charge >= 0.3 is 0 Å². The Morgan fingerprint density at radius 1 is 1.29 bits per heavy atom. The van der Waals surface area contributed by atoms with E-state index in [1.807, 2.05) is 0 Å². The van der Waals surface area contributed by atoms with Gasteiger partial charge in [-0.15, -0.1) is 0 Å². The number of anilines is 1. The van der Waals surface area contributed by atoms with E-state index in [0.717, 1.165) is 19.3 Å². The summed E-state index contributed by atoms with van der Waals surface area (Å²) in [6, 6.07) is 4.31. The number of hydrogen-bond acceptors (Lipinski definition) is 5. The Hall–Kier alpha value is -1.76. The average Bonchev–Trinajstić information content (AvgIpc) is 2.47. The standard InChI is InChI=1S/C14H20N2O4S/c1-20-12-9-11(15)5-6-13(12)21(18,19)10-14(17)16-7-3-2-4-8-16/h5-6,9H,2-4,7-8,10,15H2,1H3. The van der Waals surface area contributed by atoms with Gasteiger partial charge in [0, 0.05) is 24.8 Å². The minimum absolute atomic E-state index is 0.00422. The van der Waals surface area contributed by atoms with E-state index in [4.69, 9.17) is 10.5 Å². The Kier molecular flexibility index (Phi) is 4.72. The van der Waals surface area contributed by atoms with Crippen LogP contribution in [0.4, 0.5) is 5.69 Å². The molecule has 21 heavy (non-hydrogen) atoms. The lowest BCUT2D eigenvalue weighted by atomic mass is 10.1. The van der Waals surface area contributed by atoms with Crippen molar-refractivity contribution in [2.45, 2.75) is 24.2 Å². The highest BCUT2D eigenvalue weighted by atomic mass is 32.2. The van der Waals surface area contributed by atoms with Crippen molar-refractivity contribution in [3.63, 3.8) is 0 Å². The molecule has 0 atom stereocenters. The maximum absolute atomic E-state index is 12.4. The maximum atomic E-state index is 12.4. The fourth-order valence-corrected chi connectivity index (χ4v) is 3.80. The first kappa shape index (κ1) is 15.6. The number of hydrogen-bond donors (Lipinski definition) is 1. The van der Waals surface area contributed by atoms with Crippen LogP contribution < -0.4 is 10.5 Å². The number of nitrogen functional groups attached to an aromatic ring is 1. The smallest absolute Gasteiger partial charge is 0.238 e. The van der Waals surface area contributed by atoms with Crippen LogP contribution in [0.25, 0.3) is 0 Å². The van der Waals surface area contributed by atoms with Crippen LogP contribution in [0.1, 0.15) is 19.3 Å². The quantitative estimate of drug-likeness (QED) is 0.840. The zero-order valence-corrected chi connectivity index (χ0v) is 12.9. The molecule has 6 nitrogen and oxygen atoms in total. The third-order valence-corrected chi connectivity index (χ3v) is 5.18. The van der Waals surface area contributed by atoms with E-state index in [9.17, 15) is 13.2 Å². The molecule has 2 rings (SSSR count). The number of nitrogens with zero attached hydrogens (tertiary/aromatic N) is 1. The van der Waals surface area contributed by atoms with Crippen molar-refractivity contribution in [3.8, 4) is 5.75 Å². The second-order valence-electron chi connectivity index (χ2n) is 5.11. The summed E-state index contributed by atoms with van der Waals surface area (Å²) in [5, 5.41) is 0. The van der Waals surface area contributed by atoms with Gasteiger partial charge in [-0.2, -0.15) is 0 Å². The van der Waals surface area contributed by atoms with Gasteiger partial charge < -0.3 is 15.4 Å². The molecular formula is C14H20N2O4S. The predicted octanol–water partition coefficient (Wildman–Crippen LogP) is 1.06. The lowest BCUT2D eigenvalue weighted by Gasteiger charge is -2.26. The highest BCUT2D eigenvalue weighted by Crippen LogP contribution is 2.27. The molecule has 1 amide bonds. The van der Waals surface area contributed by atoms with Crippen molar-refractivity contribution in [3.05, 3.63) is 18.2 Å². The number of amides is 1. The van der Waals surface area contributed by atoms with Crippen LogP contribution in [0.15, 0.2) is 23.1 Å². The number of methoxy groups -OCH3 is 1. The Labute approximate surface area is 124 Å². The molecule has 0 aliphatic carbocycles. The first-order chi connectivity index (χ1) is 9.94. The largest absolute Gasteiger partial charge is 0.495 e. The van der Waals surface area contributed by atoms with Crippen LogP contribution in [0, 0.1) is 0 Å². The minimum Gasteiger partial charge on any atom is -0.495 e. The number of ether oxygens (including phenoxy) is 1. The van der Waals surface area contributed by atoms with Crippen molar-refractivity contribution in [1.82, 2.24) is 4.90 Å². The summed E-state index contributed by atoms with van der Waals surface area (Å²) in [6.45, 7) is 1.26. The molecule has 0 radical (unpaired) electrons. The van der Waals surface area contributed by atoms with Gasteiger partial charge in [-0.1, -0.05) is 0 Å². The molecule has 0 unspecified atom stereocenters. The van der Waals surface area contributed by atoms with E-state index in [-0.39, 0.29) is 16.6 Å². The van der Waals surface area contributed by atoms with Gasteiger partial charge in [-0.3, -0.25) is 4.79 Å². The normalized spacial score (nSPS) is 15.8. The second kappa shape index (κ2) is 6.34.